The number of carbonyl (C=O) groups excluding carboxylic acids is 1. The van der Waals surface area contributed by atoms with Gasteiger partial charge < -0.3 is 14.8 Å². The number of anilines is 1. The summed E-state index contributed by atoms with van der Waals surface area (Å²) in [5, 5.41) is 12.6. The van der Waals surface area contributed by atoms with Gasteiger partial charge in [-0.15, -0.1) is 16.8 Å². The van der Waals surface area contributed by atoms with Gasteiger partial charge in [-0.25, -0.2) is 4.98 Å². The number of carbonyl (C=O) groups is 1. The first kappa shape index (κ1) is 22.8. The van der Waals surface area contributed by atoms with E-state index in [4.69, 9.17) is 9.47 Å². The second-order valence-electron chi connectivity index (χ2n) is 7.00. The highest BCUT2D eigenvalue weighted by Crippen LogP contribution is 2.27. The first-order chi connectivity index (χ1) is 16.1. The van der Waals surface area contributed by atoms with Crippen molar-refractivity contribution in [1.82, 2.24) is 19.7 Å². The molecule has 2 aromatic heterocycles. The Morgan fingerprint density at radius 3 is 2.70 bits per heavy atom. The number of nitrogens with one attached hydrogen (secondary N) is 1. The van der Waals surface area contributed by atoms with Crippen LogP contribution in [-0.2, 0) is 11.3 Å². The number of rotatable bonds is 10. The van der Waals surface area contributed by atoms with Gasteiger partial charge in [0.2, 0.25) is 5.91 Å². The van der Waals surface area contributed by atoms with Crippen LogP contribution in [0.15, 0.2) is 66.3 Å². The van der Waals surface area contributed by atoms with Gasteiger partial charge in [0.25, 0.3) is 0 Å². The van der Waals surface area contributed by atoms with Crippen LogP contribution in [0.2, 0.25) is 0 Å². The molecule has 0 saturated carbocycles. The van der Waals surface area contributed by atoms with Crippen molar-refractivity contribution in [2.45, 2.75) is 24.7 Å². The molecule has 0 aliphatic heterocycles. The topological polar surface area (TPSA) is 91.2 Å². The van der Waals surface area contributed by atoms with Crippen molar-refractivity contribution in [2.75, 3.05) is 18.2 Å². The fraction of sp³-hybridized carbons (Fsp3) is 0.217. The number of hydrogen-bond acceptors (Lipinski definition) is 8. The highest BCUT2D eigenvalue weighted by atomic mass is 32.2. The van der Waals surface area contributed by atoms with Crippen LogP contribution in [0.5, 0.6) is 11.5 Å². The Labute approximate surface area is 199 Å². The number of aromatic nitrogens is 4. The minimum atomic E-state index is -0.350. The van der Waals surface area contributed by atoms with Crippen LogP contribution in [0, 0.1) is 0 Å². The summed E-state index contributed by atoms with van der Waals surface area (Å²) in [5.41, 5.74) is 0.867. The van der Waals surface area contributed by atoms with Crippen LogP contribution in [0.4, 0.5) is 5.13 Å². The Morgan fingerprint density at radius 2 is 1.97 bits per heavy atom. The van der Waals surface area contributed by atoms with E-state index in [1.54, 1.807) is 13.2 Å². The molecule has 1 unspecified atom stereocenters. The lowest BCUT2D eigenvalue weighted by Crippen LogP contribution is -2.15. The molecule has 0 aliphatic carbocycles. The van der Waals surface area contributed by atoms with E-state index in [-0.39, 0.29) is 17.8 Å². The summed E-state index contributed by atoms with van der Waals surface area (Å²) in [5.74, 6) is 2.13. The zero-order valence-electron chi connectivity index (χ0n) is 18.2. The summed E-state index contributed by atoms with van der Waals surface area (Å²) in [6.45, 7) is 6.23. The number of hydrogen-bond donors (Lipinski definition) is 1. The second kappa shape index (κ2) is 10.5. The van der Waals surface area contributed by atoms with Crippen molar-refractivity contribution < 1.29 is 14.3 Å². The van der Waals surface area contributed by atoms with Crippen LogP contribution in [0.1, 0.15) is 18.9 Å². The van der Waals surface area contributed by atoms with Crippen molar-refractivity contribution in [3.8, 4) is 11.5 Å². The average Bonchev–Trinajstić information content (AvgIpc) is 3.41. The summed E-state index contributed by atoms with van der Waals surface area (Å²) < 4.78 is 14.1. The van der Waals surface area contributed by atoms with Gasteiger partial charge in [-0.2, -0.15) is 0 Å². The van der Waals surface area contributed by atoms with Gasteiger partial charge in [0.15, 0.2) is 22.2 Å². The number of methoxy groups -OCH3 is 1. The number of fused-ring (bicyclic) bond motifs is 1. The Hall–Kier alpha value is -3.37. The van der Waals surface area contributed by atoms with Gasteiger partial charge in [0, 0.05) is 6.54 Å². The predicted octanol–water partition coefficient (Wildman–Crippen LogP) is 4.95. The van der Waals surface area contributed by atoms with E-state index in [1.165, 1.54) is 23.1 Å². The first-order valence-corrected chi connectivity index (χ1v) is 12.0. The number of amides is 1. The van der Waals surface area contributed by atoms with Crippen molar-refractivity contribution in [3.05, 3.63) is 67.0 Å². The highest BCUT2D eigenvalue weighted by molar-refractivity contribution is 7.99. The summed E-state index contributed by atoms with van der Waals surface area (Å²) in [6.07, 6.45) is 1.41. The molecule has 0 bridgehead atoms. The number of nitrogens with zero attached hydrogens (tertiary/aromatic N) is 4. The third-order valence-corrected chi connectivity index (χ3v) is 6.58. The van der Waals surface area contributed by atoms with Crippen molar-refractivity contribution in [3.63, 3.8) is 0 Å². The Bertz CT molecular complexity index is 1220. The van der Waals surface area contributed by atoms with E-state index in [0.29, 0.717) is 28.4 Å². The number of thiazole rings is 1. The van der Waals surface area contributed by atoms with Crippen molar-refractivity contribution in [2.24, 2.45) is 0 Å². The van der Waals surface area contributed by atoms with E-state index < -0.39 is 0 Å². The van der Waals surface area contributed by atoms with E-state index in [1.807, 2.05) is 60.0 Å². The van der Waals surface area contributed by atoms with Crippen LogP contribution in [-0.4, -0.2) is 38.5 Å². The average molecular weight is 482 g/mol. The molecule has 33 heavy (non-hydrogen) atoms. The van der Waals surface area contributed by atoms with E-state index in [0.717, 1.165) is 16.0 Å². The lowest BCUT2D eigenvalue weighted by molar-refractivity contribution is -0.113. The summed E-state index contributed by atoms with van der Waals surface area (Å²) in [7, 11) is 1.62. The van der Waals surface area contributed by atoms with E-state index in [2.05, 4.69) is 27.1 Å². The summed E-state index contributed by atoms with van der Waals surface area (Å²) in [6, 6.07) is 15.1. The van der Waals surface area contributed by atoms with E-state index >= 15 is 0 Å². The Kier molecular flexibility index (Phi) is 7.26. The molecule has 0 saturated heterocycles. The molecule has 0 fully saturated rings. The maximum absolute atomic E-state index is 12.5. The molecule has 10 heteroatoms. The molecule has 2 heterocycles. The quantitative estimate of drug-likeness (QED) is 0.253. The molecule has 0 spiro atoms. The number of benzene rings is 2. The zero-order chi connectivity index (χ0) is 23.2. The predicted molar refractivity (Wildman–Crippen MR) is 131 cm³/mol. The van der Waals surface area contributed by atoms with Crippen LogP contribution in [0.25, 0.3) is 10.2 Å². The zero-order valence-corrected chi connectivity index (χ0v) is 19.9. The first-order valence-electron chi connectivity index (χ1n) is 10.2. The fourth-order valence-electron chi connectivity index (χ4n) is 3.13. The van der Waals surface area contributed by atoms with Gasteiger partial charge in [0.05, 0.1) is 23.1 Å². The molecule has 170 valence electrons. The summed E-state index contributed by atoms with van der Waals surface area (Å²) in [4.78, 5) is 16.9. The third-order valence-electron chi connectivity index (χ3n) is 4.67. The van der Waals surface area contributed by atoms with Gasteiger partial charge >= 0.3 is 0 Å². The summed E-state index contributed by atoms with van der Waals surface area (Å²) >= 11 is 2.75. The Balaban J connectivity index is 1.40. The van der Waals surface area contributed by atoms with Gasteiger partial charge in [-0.1, -0.05) is 41.3 Å². The van der Waals surface area contributed by atoms with E-state index in [9.17, 15) is 4.79 Å². The van der Waals surface area contributed by atoms with Crippen molar-refractivity contribution >= 4 is 44.4 Å². The molecule has 1 amide bonds. The maximum atomic E-state index is 12.5. The largest absolute Gasteiger partial charge is 0.497 e. The van der Waals surface area contributed by atoms with Gasteiger partial charge in [0.1, 0.15) is 11.5 Å². The smallest absolute Gasteiger partial charge is 0.236 e. The number of ether oxygens (including phenoxy) is 2. The number of allylic oxidation sites excluding steroid dienone is 1. The van der Waals surface area contributed by atoms with Crippen molar-refractivity contribution in [1.29, 1.82) is 0 Å². The normalized spacial score (nSPS) is 11.8. The van der Waals surface area contributed by atoms with Crippen LogP contribution >= 0.6 is 23.1 Å². The molecule has 4 aromatic rings. The lowest BCUT2D eigenvalue weighted by Gasteiger charge is -2.16. The molecule has 1 N–H and O–H groups in total. The number of para-hydroxylation sites is 1. The molecule has 0 aliphatic rings. The van der Waals surface area contributed by atoms with Gasteiger partial charge in [-0.3, -0.25) is 9.36 Å². The molecule has 0 radical (unpaired) electrons. The lowest BCUT2D eigenvalue weighted by atomic mass is 10.3. The Morgan fingerprint density at radius 1 is 1.21 bits per heavy atom. The second-order valence-corrected chi connectivity index (χ2v) is 8.97. The highest BCUT2D eigenvalue weighted by Gasteiger charge is 2.20. The molecular weight excluding hydrogens is 458 g/mol. The monoisotopic (exact) mass is 481 g/mol. The van der Waals surface area contributed by atoms with Crippen LogP contribution in [0.3, 0.4) is 0 Å². The SMILES string of the molecule is C=CCn1c(SCC(=O)Nc2nc3ccccc3s2)nnc1C(C)Oc1ccc(OC)cc1. The van der Waals surface area contributed by atoms with Crippen LogP contribution < -0.4 is 14.8 Å². The molecular formula is C23H23N5O3S2. The number of thioether (sulfide) groups is 1. The molecule has 4 rings (SSSR count). The molecule has 2 aromatic carbocycles. The third kappa shape index (κ3) is 5.52. The fourth-order valence-corrected chi connectivity index (χ4v) is 4.77. The van der Waals surface area contributed by atoms with Gasteiger partial charge in [-0.05, 0) is 43.3 Å². The standard InChI is InChI=1S/C23H23N5O3S2/c1-4-13-28-21(15(2)31-17-11-9-16(30-3)10-12-17)26-27-23(28)32-14-20(29)25-22-24-18-7-5-6-8-19(18)33-22/h4-12,15H,1,13-14H2,2-3H3,(H,24,25,29). The minimum Gasteiger partial charge on any atom is -0.497 e. The maximum Gasteiger partial charge on any atom is 0.236 e. The minimum absolute atomic E-state index is 0.156. The molecule has 8 nitrogen and oxygen atoms in total. The molecule has 1 atom stereocenters.